The van der Waals surface area contributed by atoms with Crippen LogP contribution in [0.25, 0.3) is 10.9 Å². The molecule has 1 aromatic carbocycles. The van der Waals surface area contributed by atoms with E-state index < -0.39 is 12.8 Å². The summed E-state index contributed by atoms with van der Waals surface area (Å²) in [5.41, 5.74) is 0.303. The van der Waals surface area contributed by atoms with Gasteiger partial charge in [-0.2, -0.15) is 13.2 Å². The van der Waals surface area contributed by atoms with E-state index in [9.17, 15) is 18.0 Å². The van der Waals surface area contributed by atoms with Gasteiger partial charge in [0.2, 0.25) is 0 Å². The van der Waals surface area contributed by atoms with Gasteiger partial charge in [0.25, 0.3) is 5.56 Å². The van der Waals surface area contributed by atoms with Crippen molar-refractivity contribution in [1.82, 2.24) is 9.55 Å². The summed E-state index contributed by atoms with van der Waals surface area (Å²) < 4.78 is 47.7. The number of hydrogen-bond donors (Lipinski definition) is 0. The van der Waals surface area contributed by atoms with Crippen LogP contribution in [-0.2, 0) is 11.3 Å². The van der Waals surface area contributed by atoms with Gasteiger partial charge in [0.15, 0.2) is 5.16 Å². The van der Waals surface area contributed by atoms with Gasteiger partial charge in [-0.05, 0) is 24.3 Å². The van der Waals surface area contributed by atoms with Crippen molar-refractivity contribution in [2.45, 2.75) is 17.9 Å². The Morgan fingerprint density at radius 1 is 1.19 bits per heavy atom. The number of ether oxygens (including phenoxy) is 1. The molecule has 3 aromatic rings. The molecule has 0 aliphatic carbocycles. The molecule has 0 amide bonds. The van der Waals surface area contributed by atoms with Gasteiger partial charge in [0, 0.05) is 5.75 Å². The van der Waals surface area contributed by atoms with Gasteiger partial charge in [0.1, 0.15) is 12.4 Å². The Labute approximate surface area is 150 Å². The topological polar surface area (TPSA) is 57.3 Å². The number of fused-ring (bicyclic) bond motifs is 1. The average Bonchev–Trinajstić information content (AvgIpc) is 3.10. The van der Waals surface area contributed by atoms with Crippen LogP contribution in [0, 0.1) is 0 Å². The predicted molar refractivity (Wildman–Crippen MR) is 91.4 cm³/mol. The summed E-state index contributed by atoms with van der Waals surface area (Å²) in [5, 5.41) is 0.873. The highest BCUT2D eigenvalue weighted by Gasteiger charge is 2.27. The normalized spacial score (nSPS) is 12.0. The lowest BCUT2D eigenvalue weighted by Gasteiger charge is -2.12. The first kappa shape index (κ1) is 18.5. The van der Waals surface area contributed by atoms with E-state index in [1.54, 1.807) is 36.4 Å². The number of para-hydroxylation sites is 1. The fraction of sp³-hybridized carbons (Fsp3) is 0.294. The fourth-order valence-electron chi connectivity index (χ4n) is 2.34. The molecule has 0 aliphatic heterocycles. The van der Waals surface area contributed by atoms with Crippen LogP contribution in [0.1, 0.15) is 5.76 Å². The molecule has 0 spiro atoms. The van der Waals surface area contributed by atoms with Gasteiger partial charge >= 0.3 is 6.18 Å². The van der Waals surface area contributed by atoms with Gasteiger partial charge < -0.3 is 9.15 Å². The Hall–Kier alpha value is -2.26. The predicted octanol–water partition coefficient (Wildman–Crippen LogP) is 3.71. The van der Waals surface area contributed by atoms with Crippen molar-refractivity contribution in [3.05, 3.63) is 58.8 Å². The molecule has 5 nitrogen and oxygen atoms in total. The number of alkyl halides is 3. The highest BCUT2D eigenvalue weighted by molar-refractivity contribution is 7.99. The zero-order valence-electron chi connectivity index (χ0n) is 13.5. The zero-order valence-corrected chi connectivity index (χ0v) is 14.3. The van der Waals surface area contributed by atoms with Crippen molar-refractivity contribution in [2.75, 3.05) is 19.0 Å². The van der Waals surface area contributed by atoms with E-state index in [0.717, 1.165) is 0 Å². The second kappa shape index (κ2) is 7.96. The van der Waals surface area contributed by atoms with Gasteiger partial charge in [-0.25, -0.2) is 4.98 Å². The molecule has 0 atom stereocenters. The standard InChI is InChI=1S/C17H15F3N2O3S/c18-17(19,20)11-24-8-9-26-16-21-14-6-2-1-5-13(14)15(23)22(16)10-12-4-3-7-25-12/h1-7H,8-11H2. The Bertz CT molecular complexity index is 923. The number of benzene rings is 1. The molecule has 0 fully saturated rings. The van der Waals surface area contributed by atoms with E-state index in [1.807, 2.05) is 0 Å². The maximum absolute atomic E-state index is 12.8. The van der Waals surface area contributed by atoms with Crippen molar-refractivity contribution in [3.63, 3.8) is 0 Å². The number of hydrogen-bond acceptors (Lipinski definition) is 5. The Kier molecular flexibility index (Phi) is 5.67. The summed E-state index contributed by atoms with van der Waals surface area (Å²) >= 11 is 1.17. The van der Waals surface area contributed by atoms with Crippen molar-refractivity contribution in [3.8, 4) is 0 Å². The van der Waals surface area contributed by atoms with E-state index in [0.29, 0.717) is 21.8 Å². The molecule has 9 heteroatoms. The van der Waals surface area contributed by atoms with Gasteiger partial charge in [-0.15, -0.1) is 0 Å². The third-order valence-corrected chi connectivity index (χ3v) is 4.39. The van der Waals surface area contributed by atoms with E-state index in [2.05, 4.69) is 9.72 Å². The zero-order chi connectivity index (χ0) is 18.6. The van der Waals surface area contributed by atoms with E-state index in [-0.39, 0.29) is 24.5 Å². The first-order chi connectivity index (χ1) is 12.4. The molecule has 0 bridgehead atoms. The van der Waals surface area contributed by atoms with Crippen LogP contribution < -0.4 is 5.56 Å². The molecule has 0 N–H and O–H groups in total. The van der Waals surface area contributed by atoms with Crippen LogP contribution in [0.15, 0.2) is 57.0 Å². The lowest BCUT2D eigenvalue weighted by molar-refractivity contribution is -0.172. The molecule has 138 valence electrons. The summed E-state index contributed by atoms with van der Waals surface area (Å²) in [7, 11) is 0. The molecule has 3 rings (SSSR count). The quantitative estimate of drug-likeness (QED) is 0.353. The van der Waals surface area contributed by atoms with Gasteiger partial charge in [-0.3, -0.25) is 9.36 Å². The smallest absolute Gasteiger partial charge is 0.411 e. The first-order valence-electron chi connectivity index (χ1n) is 7.73. The molecule has 2 aromatic heterocycles. The fourth-order valence-corrected chi connectivity index (χ4v) is 3.19. The van der Waals surface area contributed by atoms with Crippen molar-refractivity contribution in [2.24, 2.45) is 0 Å². The second-order valence-corrected chi connectivity index (χ2v) is 6.46. The monoisotopic (exact) mass is 384 g/mol. The van der Waals surface area contributed by atoms with Crippen molar-refractivity contribution < 1.29 is 22.3 Å². The number of furan rings is 1. The third-order valence-electron chi connectivity index (χ3n) is 3.45. The van der Waals surface area contributed by atoms with E-state index in [1.165, 1.54) is 22.6 Å². The molecule has 0 unspecified atom stereocenters. The van der Waals surface area contributed by atoms with E-state index >= 15 is 0 Å². The Morgan fingerprint density at radius 3 is 2.73 bits per heavy atom. The maximum atomic E-state index is 12.8. The summed E-state index contributed by atoms with van der Waals surface area (Å²) in [6.45, 7) is -1.21. The summed E-state index contributed by atoms with van der Waals surface area (Å²) in [6.07, 6.45) is -2.85. The summed E-state index contributed by atoms with van der Waals surface area (Å²) in [4.78, 5) is 17.3. The summed E-state index contributed by atoms with van der Waals surface area (Å²) in [6, 6.07) is 10.4. The molecule has 26 heavy (non-hydrogen) atoms. The van der Waals surface area contributed by atoms with Crippen LogP contribution in [0.4, 0.5) is 13.2 Å². The largest absolute Gasteiger partial charge is 0.467 e. The van der Waals surface area contributed by atoms with Crippen LogP contribution in [0.5, 0.6) is 0 Å². The number of aromatic nitrogens is 2. The lowest BCUT2D eigenvalue weighted by Crippen LogP contribution is -2.24. The molecule has 0 saturated heterocycles. The van der Waals surface area contributed by atoms with Crippen LogP contribution in [0.2, 0.25) is 0 Å². The minimum absolute atomic E-state index is 0.104. The lowest BCUT2D eigenvalue weighted by atomic mass is 10.2. The Morgan fingerprint density at radius 2 is 2.00 bits per heavy atom. The van der Waals surface area contributed by atoms with Gasteiger partial charge in [0.05, 0.1) is 30.3 Å². The number of nitrogens with zero attached hydrogens (tertiary/aromatic N) is 2. The highest BCUT2D eigenvalue weighted by Crippen LogP contribution is 2.20. The summed E-state index contributed by atoms with van der Waals surface area (Å²) in [5.74, 6) is 0.818. The average molecular weight is 384 g/mol. The van der Waals surface area contributed by atoms with Gasteiger partial charge in [-0.1, -0.05) is 23.9 Å². The molecule has 2 heterocycles. The van der Waals surface area contributed by atoms with Crippen LogP contribution in [0.3, 0.4) is 0 Å². The molecule has 0 aliphatic rings. The highest BCUT2D eigenvalue weighted by atomic mass is 32.2. The minimum Gasteiger partial charge on any atom is -0.467 e. The molecular formula is C17H15F3N2O3S. The Balaban J connectivity index is 1.81. The third kappa shape index (κ3) is 4.67. The molecular weight excluding hydrogens is 369 g/mol. The second-order valence-electron chi connectivity index (χ2n) is 5.40. The van der Waals surface area contributed by atoms with Crippen LogP contribution in [-0.4, -0.2) is 34.7 Å². The van der Waals surface area contributed by atoms with Crippen molar-refractivity contribution in [1.29, 1.82) is 0 Å². The van der Waals surface area contributed by atoms with Crippen LogP contribution >= 0.6 is 11.8 Å². The molecule has 0 radical (unpaired) electrons. The van der Waals surface area contributed by atoms with Crippen molar-refractivity contribution >= 4 is 22.7 Å². The maximum Gasteiger partial charge on any atom is 0.411 e. The first-order valence-corrected chi connectivity index (χ1v) is 8.72. The number of rotatable bonds is 7. The molecule has 0 saturated carbocycles. The van der Waals surface area contributed by atoms with E-state index in [4.69, 9.17) is 4.42 Å². The number of thioether (sulfide) groups is 1. The number of halogens is 3. The minimum atomic E-state index is -4.35. The SMILES string of the molecule is O=c1c2ccccc2nc(SCCOCC(F)(F)F)n1Cc1ccco1.